The predicted molar refractivity (Wildman–Crippen MR) is 104 cm³/mol. The Morgan fingerprint density at radius 3 is 2.17 bits per heavy atom. The second-order valence-corrected chi connectivity index (χ2v) is 6.43. The molecule has 0 aliphatic heterocycles. The SMILES string of the molecule is CC(=O)N[C@H](Cc1ccccc1)C(=O)N[C@@H](Cc1ccccc1[N+](=O)[O-])C(=O)O. The molecule has 0 aliphatic carbocycles. The van der Waals surface area contributed by atoms with Crippen LogP contribution in [0.1, 0.15) is 18.1 Å². The van der Waals surface area contributed by atoms with Crippen LogP contribution in [0.2, 0.25) is 0 Å². The first-order valence-corrected chi connectivity index (χ1v) is 8.84. The average molecular weight is 399 g/mol. The second kappa shape index (κ2) is 9.98. The summed E-state index contributed by atoms with van der Waals surface area (Å²) in [5, 5.41) is 25.5. The molecule has 0 saturated heterocycles. The summed E-state index contributed by atoms with van der Waals surface area (Å²) in [5.74, 6) is -2.46. The highest BCUT2D eigenvalue weighted by Gasteiger charge is 2.28. The molecule has 0 aliphatic rings. The van der Waals surface area contributed by atoms with Gasteiger partial charge in [-0.2, -0.15) is 0 Å². The topological polar surface area (TPSA) is 139 Å². The Bertz CT molecular complexity index is 900. The van der Waals surface area contributed by atoms with E-state index in [4.69, 9.17) is 0 Å². The summed E-state index contributed by atoms with van der Waals surface area (Å²) in [6.07, 6.45) is -0.0968. The zero-order chi connectivity index (χ0) is 21.4. The lowest BCUT2D eigenvalue weighted by Crippen LogP contribution is -2.52. The van der Waals surface area contributed by atoms with Gasteiger partial charge in [-0.15, -0.1) is 0 Å². The summed E-state index contributed by atoms with van der Waals surface area (Å²) < 4.78 is 0. The van der Waals surface area contributed by atoms with Crippen molar-refractivity contribution in [3.63, 3.8) is 0 Å². The molecule has 2 rings (SSSR count). The van der Waals surface area contributed by atoms with E-state index in [2.05, 4.69) is 10.6 Å². The lowest BCUT2D eigenvalue weighted by atomic mass is 10.0. The van der Waals surface area contributed by atoms with Gasteiger partial charge in [-0.05, 0) is 5.56 Å². The van der Waals surface area contributed by atoms with Crippen LogP contribution in [0.15, 0.2) is 54.6 Å². The smallest absolute Gasteiger partial charge is 0.326 e. The summed E-state index contributed by atoms with van der Waals surface area (Å²) in [5.41, 5.74) is 0.743. The van der Waals surface area contributed by atoms with Gasteiger partial charge in [-0.3, -0.25) is 19.7 Å². The number of nitro groups is 1. The van der Waals surface area contributed by atoms with E-state index in [1.807, 2.05) is 6.07 Å². The van der Waals surface area contributed by atoms with Gasteiger partial charge in [0.15, 0.2) is 0 Å². The molecule has 0 aromatic heterocycles. The molecule has 2 aromatic rings. The monoisotopic (exact) mass is 399 g/mol. The first-order valence-electron chi connectivity index (χ1n) is 8.84. The minimum Gasteiger partial charge on any atom is -0.480 e. The number of nitro benzene ring substituents is 1. The van der Waals surface area contributed by atoms with Crippen molar-refractivity contribution < 1.29 is 24.4 Å². The Hall–Kier alpha value is -3.75. The van der Waals surface area contributed by atoms with E-state index in [0.29, 0.717) is 0 Å². The standard InChI is InChI=1S/C20H21N3O6/c1-13(24)21-16(11-14-7-3-2-4-8-14)19(25)22-17(20(26)27)12-15-9-5-6-10-18(15)23(28)29/h2-10,16-17H,11-12H2,1H3,(H,21,24)(H,22,25)(H,26,27)/t16-,17+/m1/s1. The number of carboxylic acids is 1. The van der Waals surface area contributed by atoms with E-state index < -0.39 is 34.8 Å². The zero-order valence-electron chi connectivity index (χ0n) is 15.7. The van der Waals surface area contributed by atoms with E-state index in [0.717, 1.165) is 5.56 Å². The summed E-state index contributed by atoms with van der Waals surface area (Å²) >= 11 is 0. The summed E-state index contributed by atoms with van der Waals surface area (Å²) in [6, 6.07) is 12.3. The third kappa shape index (κ3) is 6.42. The van der Waals surface area contributed by atoms with Gasteiger partial charge in [0.2, 0.25) is 11.8 Å². The number of benzene rings is 2. The molecule has 29 heavy (non-hydrogen) atoms. The second-order valence-electron chi connectivity index (χ2n) is 6.43. The van der Waals surface area contributed by atoms with Crippen molar-refractivity contribution in [3.8, 4) is 0 Å². The quantitative estimate of drug-likeness (QED) is 0.431. The van der Waals surface area contributed by atoms with Crippen molar-refractivity contribution in [2.24, 2.45) is 0 Å². The third-order valence-electron chi connectivity index (χ3n) is 4.20. The van der Waals surface area contributed by atoms with Crippen LogP contribution in [0.3, 0.4) is 0 Å². The molecule has 0 unspecified atom stereocenters. The number of hydrogen-bond acceptors (Lipinski definition) is 5. The van der Waals surface area contributed by atoms with Gasteiger partial charge in [-0.1, -0.05) is 48.5 Å². The van der Waals surface area contributed by atoms with Crippen LogP contribution in [-0.2, 0) is 27.2 Å². The maximum absolute atomic E-state index is 12.7. The molecule has 152 valence electrons. The van der Waals surface area contributed by atoms with Gasteiger partial charge < -0.3 is 15.7 Å². The molecule has 0 saturated carbocycles. The number of carboxylic acid groups (broad SMARTS) is 1. The highest BCUT2D eigenvalue weighted by Crippen LogP contribution is 2.19. The molecule has 3 N–H and O–H groups in total. The Labute approximate surface area is 166 Å². The first-order chi connectivity index (χ1) is 13.8. The number of nitrogens with zero attached hydrogens (tertiary/aromatic N) is 1. The van der Waals surface area contributed by atoms with Gasteiger partial charge in [0, 0.05) is 31.4 Å². The molecule has 0 fully saturated rings. The maximum Gasteiger partial charge on any atom is 0.326 e. The predicted octanol–water partition coefficient (Wildman–Crippen LogP) is 1.45. The number of rotatable bonds is 9. The number of hydrogen-bond donors (Lipinski definition) is 3. The van der Waals surface area contributed by atoms with E-state index in [9.17, 15) is 29.6 Å². The number of carbonyl (C=O) groups is 3. The molecule has 2 aromatic carbocycles. The first kappa shape index (κ1) is 21.5. The molecule has 0 heterocycles. The molecule has 0 spiro atoms. The lowest BCUT2D eigenvalue weighted by Gasteiger charge is -2.21. The van der Waals surface area contributed by atoms with Crippen molar-refractivity contribution in [3.05, 3.63) is 75.8 Å². The fourth-order valence-electron chi connectivity index (χ4n) is 2.86. The number of amides is 2. The Balaban J connectivity index is 2.18. The van der Waals surface area contributed by atoms with E-state index in [-0.39, 0.29) is 24.1 Å². The minimum absolute atomic E-state index is 0.171. The molecule has 0 bridgehead atoms. The lowest BCUT2D eigenvalue weighted by molar-refractivity contribution is -0.385. The van der Waals surface area contributed by atoms with Crippen molar-refractivity contribution in [2.45, 2.75) is 31.8 Å². The van der Waals surface area contributed by atoms with Crippen LogP contribution in [0.4, 0.5) is 5.69 Å². The molecular weight excluding hydrogens is 378 g/mol. The van der Waals surface area contributed by atoms with Crippen molar-refractivity contribution in [1.82, 2.24) is 10.6 Å². The highest BCUT2D eigenvalue weighted by molar-refractivity contribution is 5.90. The molecular formula is C20H21N3O6. The van der Waals surface area contributed by atoms with Crippen molar-refractivity contribution in [1.29, 1.82) is 0 Å². The molecule has 9 nitrogen and oxygen atoms in total. The summed E-state index contributed by atoms with van der Waals surface area (Å²) in [6.45, 7) is 1.26. The number of aliphatic carboxylic acids is 1. The van der Waals surface area contributed by atoms with Gasteiger partial charge in [0.25, 0.3) is 5.69 Å². The zero-order valence-corrected chi connectivity index (χ0v) is 15.7. The Morgan fingerprint density at radius 1 is 0.966 bits per heavy atom. The molecule has 0 radical (unpaired) electrons. The van der Waals surface area contributed by atoms with E-state index in [1.54, 1.807) is 30.3 Å². The normalized spacial score (nSPS) is 12.4. The summed E-state index contributed by atoms with van der Waals surface area (Å²) in [4.78, 5) is 46.4. The van der Waals surface area contributed by atoms with Crippen LogP contribution in [-0.4, -0.2) is 39.9 Å². The minimum atomic E-state index is -1.39. The van der Waals surface area contributed by atoms with E-state index in [1.165, 1.54) is 25.1 Å². The van der Waals surface area contributed by atoms with Crippen LogP contribution < -0.4 is 10.6 Å². The van der Waals surface area contributed by atoms with Gasteiger partial charge >= 0.3 is 5.97 Å². The van der Waals surface area contributed by atoms with Crippen LogP contribution in [0, 0.1) is 10.1 Å². The van der Waals surface area contributed by atoms with Gasteiger partial charge in [-0.25, -0.2) is 4.79 Å². The maximum atomic E-state index is 12.7. The fourth-order valence-corrected chi connectivity index (χ4v) is 2.86. The largest absolute Gasteiger partial charge is 0.480 e. The van der Waals surface area contributed by atoms with Crippen LogP contribution in [0.5, 0.6) is 0 Å². The number of nitrogens with one attached hydrogen (secondary N) is 2. The highest BCUT2D eigenvalue weighted by atomic mass is 16.6. The van der Waals surface area contributed by atoms with Gasteiger partial charge in [0.05, 0.1) is 4.92 Å². The van der Waals surface area contributed by atoms with E-state index >= 15 is 0 Å². The van der Waals surface area contributed by atoms with Crippen LogP contribution >= 0.6 is 0 Å². The number of para-hydroxylation sites is 1. The fraction of sp³-hybridized carbons (Fsp3) is 0.250. The van der Waals surface area contributed by atoms with Crippen LogP contribution in [0.25, 0.3) is 0 Å². The average Bonchev–Trinajstić information content (AvgIpc) is 2.67. The number of carbonyl (C=O) groups excluding carboxylic acids is 2. The Kier molecular flexibility index (Phi) is 7.41. The Morgan fingerprint density at radius 2 is 1.59 bits per heavy atom. The van der Waals surface area contributed by atoms with Gasteiger partial charge in [0.1, 0.15) is 12.1 Å². The van der Waals surface area contributed by atoms with Crippen molar-refractivity contribution in [2.75, 3.05) is 0 Å². The molecule has 9 heteroatoms. The third-order valence-corrected chi connectivity index (χ3v) is 4.20. The molecule has 2 atom stereocenters. The summed E-state index contributed by atoms with van der Waals surface area (Å²) in [7, 11) is 0. The van der Waals surface area contributed by atoms with Crippen molar-refractivity contribution >= 4 is 23.5 Å². The molecule has 2 amide bonds.